The topological polar surface area (TPSA) is 72.0 Å². The predicted molar refractivity (Wildman–Crippen MR) is 140 cm³/mol. The third-order valence-electron chi connectivity index (χ3n) is 5.40. The summed E-state index contributed by atoms with van der Waals surface area (Å²) >= 11 is 3.35. The number of rotatable bonds is 9. The Bertz CT molecular complexity index is 1200. The van der Waals surface area contributed by atoms with E-state index in [1.165, 1.54) is 30.2 Å². The van der Waals surface area contributed by atoms with Gasteiger partial charge in [-0.15, -0.1) is 0 Å². The Morgan fingerprint density at radius 1 is 0.686 bits per heavy atom. The molecule has 0 saturated heterocycles. The molecule has 4 rings (SSSR count). The average Bonchev–Trinajstić information content (AvgIpc) is 2.87. The van der Waals surface area contributed by atoms with Gasteiger partial charge in [-0.05, 0) is 66.1 Å². The van der Waals surface area contributed by atoms with Crippen molar-refractivity contribution in [2.24, 2.45) is 0 Å². The number of hydrogen-bond acceptors (Lipinski definition) is 5. The Kier molecular flexibility index (Phi) is 10.2. The molecule has 0 aliphatic carbocycles. The normalized spacial score (nSPS) is 12.6. The number of nitrogens with two attached hydrogens (primary N) is 1. The van der Waals surface area contributed by atoms with Crippen LogP contribution >= 0.6 is 23.5 Å². The van der Waals surface area contributed by atoms with E-state index in [0.29, 0.717) is 11.4 Å². The van der Waals surface area contributed by atoms with E-state index < -0.39 is 4.81 Å². The lowest BCUT2D eigenvalue weighted by Gasteiger charge is -2.32. The molecule has 0 spiro atoms. The Balaban J connectivity index is 0.00000342. The van der Waals surface area contributed by atoms with Crippen LogP contribution in [0.25, 0.3) is 0 Å². The highest BCUT2D eigenvalue weighted by molar-refractivity contribution is 7.99. The van der Waals surface area contributed by atoms with Gasteiger partial charge in [0.2, 0.25) is 0 Å². The van der Waals surface area contributed by atoms with Gasteiger partial charge >= 0.3 is 0 Å². The first kappa shape index (κ1) is 27.7. The number of hydrogen-bond donors (Lipinski definition) is 1. The molecule has 2 N–H and O–H groups in total. The highest BCUT2D eigenvalue weighted by Gasteiger charge is 2.13. The molecule has 182 valence electrons. The van der Waals surface area contributed by atoms with Crippen LogP contribution in [-0.2, 0) is 11.3 Å². The number of quaternary nitrogens is 2. The smallest absolute Gasteiger partial charge is 0.165 e. The molecule has 0 aromatic heterocycles. The first-order chi connectivity index (χ1) is 16.4. The molecular formula is C27H26IN2O3S2-. The van der Waals surface area contributed by atoms with Gasteiger partial charge in [0.05, 0.1) is 7.11 Å². The summed E-state index contributed by atoms with van der Waals surface area (Å²) in [6.07, 6.45) is 0.871. The minimum Gasteiger partial charge on any atom is -1.00 e. The van der Waals surface area contributed by atoms with Gasteiger partial charge in [-0.1, -0.05) is 47.8 Å². The maximum absolute atomic E-state index is 12.1. The monoisotopic (exact) mass is 617 g/mol. The van der Waals surface area contributed by atoms with Crippen LogP contribution in [0.1, 0.15) is 11.1 Å². The second kappa shape index (κ2) is 12.9. The molecule has 1 unspecified atom stereocenters. The third kappa shape index (κ3) is 7.80. The van der Waals surface area contributed by atoms with Gasteiger partial charge in [0, 0.05) is 43.8 Å². The lowest BCUT2D eigenvalue weighted by molar-refractivity contribution is -0.497. The number of halogens is 1. The van der Waals surface area contributed by atoms with Gasteiger partial charge in [-0.3, -0.25) is 0 Å². The Morgan fingerprint density at radius 2 is 1.06 bits per heavy atom. The summed E-state index contributed by atoms with van der Waals surface area (Å²) in [6, 6.07) is 32.3. The quantitative estimate of drug-likeness (QED) is 0.135. The summed E-state index contributed by atoms with van der Waals surface area (Å²) in [5.41, 5.74) is 4.62. The lowest BCUT2D eigenvalue weighted by atomic mass is 10.1. The molecular weight excluding hydrogens is 591 g/mol. The Hall–Kier alpha value is -1.89. The Morgan fingerprint density at radius 3 is 1.43 bits per heavy atom. The average molecular weight is 618 g/mol. The van der Waals surface area contributed by atoms with Crippen LogP contribution in [0.4, 0.5) is 11.4 Å². The zero-order valence-electron chi connectivity index (χ0n) is 19.4. The third-order valence-corrected chi connectivity index (χ3v) is 7.43. The number of nitrogens with zero attached hydrogens (tertiary/aromatic N) is 1. The van der Waals surface area contributed by atoms with E-state index in [-0.39, 0.29) is 24.0 Å². The fourth-order valence-corrected chi connectivity index (χ4v) is 5.00. The summed E-state index contributed by atoms with van der Waals surface area (Å²) < 4.78 is 0. The maximum Gasteiger partial charge on any atom is 0.165 e. The molecule has 0 radical (unpaired) electrons. The van der Waals surface area contributed by atoms with Crippen LogP contribution in [0.5, 0.6) is 0 Å². The molecule has 0 saturated carbocycles. The first-order valence-electron chi connectivity index (χ1n) is 10.8. The van der Waals surface area contributed by atoms with E-state index in [9.17, 15) is 10.4 Å². The zero-order chi connectivity index (χ0) is 24.0. The molecule has 0 fully saturated rings. The fourth-order valence-electron chi connectivity index (χ4n) is 3.36. The molecule has 0 amide bonds. The van der Waals surface area contributed by atoms with Crippen molar-refractivity contribution in [3.05, 3.63) is 119 Å². The van der Waals surface area contributed by atoms with Gasteiger partial charge in [0.15, 0.2) is 5.69 Å². The predicted octanol–water partition coefficient (Wildman–Crippen LogP) is 3.27. The minimum atomic E-state index is -0.853. The van der Waals surface area contributed by atoms with Crippen LogP contribution < -0.4 is 34.3 Å². The van der Waals surface area contributed by atoms with Crippen molar-refractivity contribution in [3.63, 3.8) is 0 Å². The lowest BCUT2D eigenvalue weighted by Crippen LogP contribution is -3.00. The maximum atomic E-state index is 12.1. The highest BCUT2D eigenvalue weighted by Crippen LogP contribution is 2.31. The van der Waals surface area contributed by atoms with Crippen molar-refractivity contribution in [1.82, 2.24) is 4.81 Å². The minimum absolute atomic E-state index is 0. The molecule has 0 aliphatic rings. The van der Waals surface area contributed by atoms with E-state index >= 15 is 0 Å². The Labute approximate surface area is 231 Å². The molecule has 1 atom stereocenters. The van der Waals surface area contributed by atoms with Gasteiger partial charge in [0.1, 0.15) is 12.7 Å². The highest BCUT2D eigenvalue weighted by atomic mass is 127. The SMILES string of the molecule is CO[N+](C)([O-])c1ccc(Sc2ccc(Cc3ccc(Sc4ccc([NH2+][O-])cc4)cc3)cc2)cc1.[I-]. The van der Waals surface area contributed by atoms with Gasteiger partial charge in [0.25, 0.3) is 0 Å². The van der Waals surface area contributed by atoms with E-state index in [4.69, 9.17) is 4.84 Å². The molecule has 5 nitrogen and oxygen atoms in total. The second-order valence-electron chi connectivity index (χ2n) is 7.88. The van der Waals surface area contributed by atoms with Crippen molar-refractivity contribution < 1.29 is 34.3 Å². The second-order valence-corrected chi connectivity index (χ2v) is 10.2. The summed E-state index contributed by atoms with van der Waals surface area (Å²) in [5, 5.41) is 22.9. The van der Waals surface area contributed by atoms with E-state index in [0.717, 1.165) is 26.6 Å². The zero-order valence-corrected chi connectivity index (χ0v) is 23.2. The van der Waals surface area contributed by atoms with Crippen LogP contribution in [0, 0.1) is 10.4 Å². The summed E-state index contributed by atoms with van der Waals surface area (Å²) in [7, 11) is 2.86. The van der Waals surface area contributed by atoms with Crippen molar-refractivity contribution in [1.29, 1.82) is 0 Å². The largest absolute Gasteiger partial charge is 1.00 e. The number of hydroxylamine groups is 2. The van der Waals surface area contributed by atoms with E-state index in [1.807, 2.05) is 36.4 Å². The van der Waals surface area contributed by atoms with Gasteiger partial charge < -0.3 is 39.9 Å². The van der Waals surface area contributed by atoms with Crippen molar-refractivity contribution in [2.75, 3.05) is 14.2 Å². The molecule has 0 heterocycles. The van der Waals surface area contributed by atoms with Gasteiger partial charge in [-0.25, -0.2) is 4.84 Å². The standard InChI is InChI=1S/C27H26N2O3S2.HI/c1-29(31,32-2)23-9-17-27(18-10-23)34-25-13-5-21(6-14-25)19-20-3-11-24(12-4-20)33-26-15-7-22(28-30)8-16-26;/h3-18H,19,28H2,1-2H3;1H/p-1. The molecule has 0 aliphatic heterocycles. The summed E-state index contributed by atoms with van der Waals surface area (Å²) in [6.45, 7) is 0. The van der Waals surface area contributed by atoms with Crippen molar-refractivity contribution >= 4 is 34.9 Å². The van der Waals surface area contributed by atoms with E-state index in [1.54, 1.807) is 35.7 Å². The first-order valence-corrected chi connectivity index (χ1v) is 12.4. The summed E-state index contributed by atoms with van der Waals surface area (Å²) in [4.78, 5) is 8.59. The van der Waals surface area contributed by atoms with Crippen molar-refractivity contribution in [3.8, 4) is 0 Å². The van der Waals surface area contributed by atoms with Crippen LogP contribution in [0.15, 0.2) is 117 Å². The van der Waals surface area contributed by atoms with Gasteiger partial charge in [-0.2, -0.15) is 4.81 Å². The molecule has 4 aromatic rings. The van der Waals surface area contributed by atoms with Crippen LogP contribution in [-0.4, -0.2) is 14.2 Å². The summed E-state index contributed by atoms with van der Waals surface area (Å²) in [5.74, 6) is 0. The van der Waals surface area contributed by atoms with Crippen LogP contribution in [0.3, 0.4) is 0 Å². The molecule has 4 aromatic carbocycles. The fraction of sp³-hybridized carbons (Fsp3) is 0.111. The van der Waals surface area contributed by atoms with Crippen LogP contribution in [0.2, 0.25) is 0 Å². The molecule has 8 heteroatoms. The molecule has 0 bridgehead atoms. The number of benzene rings is 4. The molecule has 35 heavy (non-hydrogen) atoms. The van der Waals surface area contributed by atoms with Crippen molar-refractivity contribution in [2.45, 2.75) is 26.0 Å². The van der Waals surface area contributed by atoms with E-state index in [2.05, 4.69) is 48.5 Å².